The average Bonchev–Trinajstić information content (AvgIpc) is 2.92. The van der Waals surface area contributed by atoms with Crippen LogP contribution in [-0.4, -0.2) is 22.6 Å². The second-order valence-corrected chi connectivity index (χ2v) is 5.82. The van der Waals surface area contributed by atoms with Crippen LogP contribution in [-0.2, 0) is 14.3 Å². The summed E-state index contributed by atoms with van der Waals surface area (Å²) in [5.74, 6) is -1.01. The third-order valence-corrected chi connectivity index (χ3v) is 3.40. The van der Waals surface area contributed by atoms with Gasteiger partial charge >= 0.3 is 11.9 Å². The van der Waals surface area contributed by atoms with Crippen LogP contribution in [0.3, 0.4) is 0 Å². The molecule has 0 heterocycles. The van der Waals surface area contributed by atoms with Crippen LogP contribution in [0.2, 0.25) is 0 Å². The number of rotatable bonds is 6. The molecule has 0 aromatic heterocycles. The van der Waals surface area contributed by atoms with Gasteiger partial charge in [-0.15, -0.1) is 0 Å². The van der Waals surface area contributed by atoms with Crippen molar-refractivity contribution < 1.29 is 19.4 Å². The Balaban J connectivity index is 2.24. The fourth-order valence-corrected chi connectivity index (χ4v) is 1.93. The Morgan fingerprint density at radius 1 is 1.18 bits per heavy atom. The zero-order chi connectivity index (χ0) is 13.1. The molecule has 0 aromatic carbocycles. The molecule has 0 saturated heterocycles. The average molecular weight is 242 g/mol. The maximum absolute atomic E-state index is 11.6. The van der Waals surface area contributed by atoms with E-state index in [9.17, 15) is 9.59 Å². The Labute approximate surface area is 102 Å². The first-order valence-corrected chi connectivity index (χ1v) is 6.20. The number of unbranched alkanes of at least 4 members (excludes halogenated alkanes) is 1. The molecule has 1 aliphatic rings. The van der Waals surface area contributed by atoms with Crippen molar-refractivity contribution in [2.75, 3.05) is 0 Å². The van der Waals surface area contributed by atoms with Crippen LogP contribution in [0.4, 0.5) is 0 Å². The van der Waals surface area contributed by atoms with Gasteiger partial charge in [0.05, 0.1) is 0 Å². The second-order valence-electron chi connectivity index (χ2n) is 5.82. The van der Waals surface area contributed by atoms with E-state index in [1.54, 1.807) is 0 Å². The Morgan fingerprint density at radius 2 is 1.71 bits per heavy atom. The highest BCUT2D eigenvalue weighted by Gasteiger charge is 2.55. The van der Waals surface area contributed by atoms with E-state index >= 15 is 0 Å². The van der Waals surface area contributed by atoms with Gasteiger partial charge in [-0.3, -0.25) is 9.59 Å². The van der Waals surface area contributed by atoms with Gasteiger partial charge in [0.1, 0.15) is 5.60 Å². The molecule has 1 aliphatic carbocycles. The number of carboxylic acids is 1. The Morgan fingerprint density at radius 3 is 2.12 bits per heavy atom. The van der Waals surface area contributed by atoms with E-state index in [0.29, 0.717) is 19.3 Å². The molecule has 0 aromatic rings. The highest BCUT2D eigenvalue weighted by atomic mass is 16.6. The Bertz CT molecular complexity index is 297. The lowest BCUT2D eigenvalue weighted by Gasteiger charge is -2.30. The van der Waals surface area contributed by atoms with Gasteiger partial charge in [0.15, 0.2) is 0 Å². The van der Waals surface area contributed by atoms with E-state index in [4.69, 9.17) is 9.84 Å². The minimum absolute atomic E-state index is 0.0102. The van der Waals surface area contributed by atoms with E-state index in [2.05, 4.69) is 20.8 Å². The first kappa shape index (κ1) is 14.0. The predicted octanol–water partition coefficient (Wildman–Crippen LogP) is 2.75. The summed E-state index contributed by atoms with van der Waals surface area (Å²) in [6.45, 7) is 6.24. The maximum Gasteiger partial charge on any atom is 0.306 e. The number of esters is 1. The van der Waals surface area contributed by atoms with E-state index in [0.717, 1.165) is 12.8 Å². The van der Waals surface area contributed by atoms with Crippen LogP contribution >= 0.6 is 0 Å². The Kier molecular flexibility index (Phi) is 4.17. The van der Waals surface area contributed by atoms with Crippen LogP contribution < -0.4 is 0 Å². The lowest BCUT2D eigenvalue weighted by Crippen LogP contribution is -2.33. The summed E-state index contributed by atoms with van der Waals surface area (Å²) in [6, 6.07) is 0. The zero-order valence-electron chi connectivity index (χ0n) is 10.9. The summed E-state index contributed by atoms with van der Waals surface area (Å²) in [4.78, 5) is 21.9. The Hall–Kier alpha value is -1.06. The molecule has 0 unspecified atom stereocenters. The molecule has 1 rings (SSSR count). The van der Waals surface area contributed by atoms with Crippen molar-refractivity contribution >= 4 is 11.9 Å². The fraction of sp³-hybridized carbons (Fsp3) is 0.846. The molecular formula is C13H22O4. The molecule has 0 amide bonds. The van der Waals surface area contributed by atoms with Crippen molar-refractivity contribution in [3.8, 4) is 0 Å². The molecule has 0 radical (unpaired) electrons. The summed E-state index contributed by atoms with van der Waals surface area (Å²) in [5, 5.41) is 8.47. The molecular weight excluding hydrogens is 220 g/mol. The molecule has 1 fully saturated rings. The monoisotopic (exact) mass is 242 g/mol. The summed E-state index contributed by atoms with van der Waals surface area (Å²) in [7, 11) is 0. The SMILES string of the molecule is CC(C)(C)C1(OC(=O)CCCCC(=O)O)CC1. The van der Waals surface area contributed by atoms with Gasteiger partial charge in [-0.2, -0.15) is 0 Å². The summed E-state index contributed by atoms with van der Waals surface area (Å²) < 4.78 is 5.53. The van der Waals surface area contributed by atoms with Gasteiger partial charge in [-0.1, -0.05) is 20.8 Å². The van der Waals surface area contributed by atoms with Crippen LogP contribution in [0.15, 0.2) is 0 Å². The topological polar surface area (TPSA) is 63.6 Å². The third kappa shape index (κ3) is 4.02. The standard InChI is InChI=1S/C13H22O4/c1-12(2,3)13(8-9-13)17-11(16)7-5-4-6-10(14)15/h4-9H2,1-3H3,(H,14,15). The van der Waals surface area contributed by atoms with Crippen molar-refractivity contribution in [2.45, 2.75) is 64.9 Å². The van der Waals surface area contributed by atoms with Crippen LogP contribution in [0.5, 0.6) is 0 Å². The normalized spacial score (nSPS) is 17.6. The van der Waals surface area contributed by atoms with Gasteiger partial charge in [0.2, 0.25) is 0 Å². The number of carbonyl (C=O) groups excluding carboxylic acids is 1. The number of carboxylic acid groups (broad SMARTS) is 1. The number of ether oxygens (including phenoxy) is 1. The maximum atomic E-state index is 11.6. The van der Waals surface area contributed by atoms with Crippen LogP contribution in [0.25, 0.3) is 0 Å². The number of hydrogen-bond donors (Lipinski definition) is 1. The third-order valence-electron chi connectivity index (χ3n) is 3.40. The smallest absolute Gasteiger partial charge is 0.306 e. The molecule has 0 aliphatic heterocycles. The van der Waals surface area contributed by atoms with Crippen LogP contribution in [0, 0.1) is 5.41 Å². The van der Waals surface area contributed by atoms with Crippen molar-refractivity contribution in [3.63, 3.8) is 0 Å². The van der Waals surface area contributed by atoms with Crippen molar-refractivity contribution in [1.82, 2.24) is 0 Å². The van der Waals surface area contributed by atoms with Crippen molar-refractivity contribution in [1.29, 1.82) is 0 Å². The number of carbonyl (C=O) groups is 2. The zero-order valence-corrected chi connectivity index (χ0v) is 10.9. The summed E-state index contributed by atoms with van der Waals surface area (Å²) >= 11 is 0. The van der Waals surface area contributed by atoms with E-state index < -0.39 is 5.97 Å². The molecule has 0 spiro atoms. The van der Waals surface area contributed by atoms with E-state index in [1.165, 1.54) is 0 Å². The first-order valence-electron chi connectivity index (χ1n) is 6.20. The van der Waals surface area contributed by atoms with Gasteiger partial charge in [-0.25, -0.2) is 0 Å². The molecule has 1 N–H and O–H groups in total. The molecule has 1 saturated carbocycles. The predicted molar refractivity (Wildman–Crippen MR) is 63.6 cm³/mol. The molecule has 98 valence electrons. The van der Waals surface area contributed by atoms with Gasteiger partial charge < -0.3 is 9.84 Å². The quantitative estimate of drug-likeness (QED) is 0.574. The minimum Gasteiger partial charge on any atom is -0.481 e. The lowest BCUT2D eigenvalue weighted by molar-refractivity contribution is -0.158. The molecule has 0 atom stereocenters. The van der Waals surface area contributed by atoms with Crippen molar-refractivity contribution in [3.05, 3.63) is 0 Å². The highest BCUT2D eigenvalue weighted by Crippen LogP contribution is 2.52. The molecule has 4 nitrogen and oxygen atoms in total. The van der Waals surface area contributed by atoms with Gasteiger partial charge in [-0.05, 0) is 25.7 Å². The van der Waals surface area contributed by atoms with Gasteiger partial charge in [0.25, 0.3) is 0 Å². The summed E-state index contributed by atoms with van der Waals surface area (Å²) in [5.41, 5.74) is -0.277. The fourth-order valence-electron chi connectivity index (χ4n) is 1.93. The minimum atomic E-state index is -0.813. The van der Waals surface area contributed by atoms with Gasteiger partial charge in [0, 0.05) is 18.3 Å². The molecule has 0 bridgehead atoms. The molecule has 4 heteroatoms. The van der Waals surface area contributed by atoms with Crippen molar-refractivity contribution in [2.24, 2.45) is 5.41 Å². The highest BCUT2D eigenvalue weighted by molar-refractivity contribution is 5.70. The number of hydrogen-bond acceptors (Lipinski definition) is 3. The summed E-state index contributed by atoms with van der Waals surface area (Å²) in [6.07, 6.45) is 3.45. The van der Waals surface area contributed by atoms with Crippen LogP contribution in [0.1, 0.15) is 59.3 Å². The molecule has 17 heavy (non-hydrogen) atoms. The largest absolute Gasteiger partial charge is 0.481 e. The number of aliphatic carboxylic acids is 1. The van der Waals surface area contributed by atoms with E-state index in [-0.39, 0.29) is 23.4 Å². The second kappa shape index (κ2) is 5.07. The van der Waals surface area contributed by atoms with E-state index in [1.807, 2.05) is 0 Å². The first-order chi connectivity index (χ1) is 7.77. The lowest BCUT2D eigenvalue weighted by atomic mass is 9.86.